The molecular formula is C20H20ClN9O5S4. The molecule has 5 heterocycles. The van der Waals surface area contributed by atoms with Gasteiger partial charge in [0.25, 0.3) is 11.8 Å². The zero-order valence-electron chi connectivity index (χ0n) is 19.8. The maximum Gasteiger partial charge on any atom is 0.352 e. The number of oxime groups is 1. The third kappa shape index (κ3) is 5.96. The van der Waals surface area contributed by atoms with Gasteiger partial charge in [-0.3, -0.25) is 14.5 Å². The van der Waals surface area contributed by atoms with E-state index in [1.165, 1.54) is 33.1 Å². The van der Waals surface area contributed by atoms with Gasteiger partial charge in [0.2, 0.25) is 5.16 Å². The minimum Gasteiger partial charge on any atom is -0.477 e. The lowest BCUT2D eigenvalue weighted by atomic mass is 10.0. The summed E-state index contributed by atoms with van der Waals surface area (Å²) in [5.74, 6) is 2.10. The number of terminal acetylenes is 1. The third-order valence-corrected chi connectivity index (χ3v) is 9.80. The molecule has 0 radical (unpaired) electrons. The molecule has 2 saturated heterocycles. The molecular weight excluding hydrogens is 610 g/mol. The first kappa shape index (κ1) is 29.0. The van der Waals surface area contributed by atoms with Crippen molar-refractivity contribution in [3.63, 3.8) is 0 Å². The third-order valence-electron chi connectivity index (χ3n) is 5.53. The van der Waals surface area contributed by atoms with E-state index >= 15 is 0 Å². The number of amides is 2. The second-order valence-electron chi connectivity index (χ2n) is 8.01. The summed E-state index contributed by atoms with van der Waals surface area (Å²) in [5, 5.41) is 29.6. The van der Waals surface area contributed by atoms with Gasteiger partial charge in [-0.2, -0.15) is 11.8 Å². The molecule has 0 spiro atoms. The molecule has 0 aliphatic carbocycles. The number of hydrogen-bond donors (Lipinski definition) is 3. The minimum absolute atomic E-state index is 0. The lowest BCUT2D eigenvalue weighted by Crippen LogP contribution is -2.71. The van der Waals surface area contributed by atoms with Crippen LogP contribution in [0.4, 0.5) is 5.13 Å². The number of thiazole rings is 1. The molecule has 2 atom stereocenters. The number of aliphatic carboxylic acids is 1. The Balaban J connectivity index is 0.00000353. The SMILES string of the molecule is C#CCn1nnnc1SCC1=C(C(=O)O)N2C(=O)C(NC(=O)C(=NOC3CSC3)c3csc(N)n3)[C@H]2SC1.Cl. The number of nitrogen functional groups attached to an aromatic ring is 1. The molecule has 14 nitrogen and oxygen atoms in total. The molecule has 0 bridgehead atoms. The Morgan fingerprint density at radius 1 is 1.41 bits per heavy atom. The number of carboxylic acid groups (broad SMARTS) is 1. The average Bonchev–Trinajstić information content (AvgIpc) is 3.50. The van der Waals surface area contributed by atoms with Gasteiger partial charge in [0.05, 0.1) is 0 Å². The van der Waals surface area contributed by atoms with E-state index in [4.69, 9.17) is 17.0 Å². The number of nitrogens with one attached hydrogen (secondary N) is 1. The highest BCUT2D eigenvalue weighted by atomic mass is 35.5. The molecule has 206 valence electrons. The van der Waals surface area contributed by atoms with Crippen molar-refractivity contribution in [3.8, 4) is 12.3 Å². The minimum atomic E-state index is -1.24. The maximum atomic E-state index is 13.1. The Labute approximate surface area is 244 Å². The van der Waals surface area contributed by atoms with E-state index in [0.29, 0.717) is 16.5 Å². The van der Waals surface area contributed by atoms with Crippen LogP contribution < -0.4 is 11.1 Å². The van der Waals surface area contributed by atoms with Crippen molar-refractivity contribution in [3.05, 3.63) is 22.3 Å². The van der Waals surface area contributed by atoms with Crippen LogP contribution in [0, 0.1) is 12.3 Å². The fourth-order valence-electron chi connectivity index (χ4n) is 3.64. The van der Waals surface area contributed by atoms with Crippen molar-refractivity contribution < 1.29 is 24.3 Å². The normalized spacial score (nSPS) is 20.7. The van der Waals surface area contributed by atoms with Gasteiger partial charge in [-0.05, 0) is 16.0 Å². The summed E-state index contributed by atoms with van der Waals surface area (Å²) in [4.78, 5) is 49.1. The first-order valence-electron chi connectivity index (χ1n) is 10.9. The lowest BCUT2D eigenvalue weighted by molar-refractivity contribution is -0.150. The fraction of sp³-hybridized carbons (Fsp3) is 0.400. The molecule has 3 aliphatic rings. The van der Waals surface area contributed by atoms with E-state index in [-0.39, 0.29) is 53.0 Å². The highest BCUT2D eigenvalue weighted by molar-refractivity contribution is 8.01. The van der Waals surface area contributed by atoms with E-state index in [1.807, 2.05) is 0 Å². The summed E-state index contributed by atoms with van der Waals surface area (Å²) in [6.07, 6.45) is 5.21. The Morgan fingerprint density at radius 3 is 2.85 bits per heavy atom. The van der Waals surface area contributed by atoms with Gasteiger partial charge >= 0.3 is 5.97 Å². The molecule has 19 heteroatoms. The van der Waals surface area contributed by atoms with Gasteiger partial charge in [0.15, 0.2) is 10.8 Å². The summed E-state index contributed by atoms with van der Waals surface area (Å²) < 4.78 is 1.42. The first-order chi connectivity index (χ1) is 18.4. The molecule has 5 rings (SSSR count). The maximum absolute atomic E-state index is 13.1. The van der Waals surface area contributed by atoms with Crippen molar-refractivity contribution >= 4 is 87.7 Å². The van der Waals surface area contributed by atoms with Gasteiger partial charge in [-0.1, -0.05) is 22.8 Å². The molecule has 4 N–H and O–H groups in total. The highest BCUT2D eigenvalue weighted by Crippen LogP contribution is 2.41. The van der Waals surface area contributed by atoms with E-state index in [9.17, 15) is 19.5 Å². The van der Waals surface area contributed by atoms with E-state index in [0.717, 1.165) is 22.8 Å². The van der Waals surface area contributed by atoms with Crippen molar-refractivity contribution in [1.82, 2.24) is 35.4 Å². The number of aromatic nitrogens is 5. The topological polar surface area (TPSA) is 191 Å². The van der Waals surface area contributed by atoms with Crippen LogP contribution in [0.15, 0.2) is 27.0 Å². The number of carbonyl (C=O) groups is 3. The Bertz CT molecular complexity index is 1390. The second kappa shape index (κ2) is 12.5. The highest BCUT2D eigenvalue weighted by Gasteiger charge is 2.54. The smallest absolute Gasteiger partial charge is 0.352 e. The number of nitrogens with zero attached hydrogens (tertiary/aromatic N) is 7. The zero-order chi connectivity index (χ0) is 26.8. The van der Waals surface area contributed by atoms with Crippen LogP contribution in [0.1, 0.15) is 5.69 Å². The van der Waals surface area contributed by atoms with Crippen LogP contribution in [-0.2, 0) is 25.8 Å². The number of carbonyl (C=O) groups excluding carboxylic acids is 2. The Morgan fingerprint density at radius 2 is 2.21 bits per heavy atom. The van der Waals surface area contributed by atoms with Crippen LogP contribution in [0.5, 0.6) is 0 Å². The molecule has 39 heavy (non-hydrogen) atoms. The van der Waals surface area contributed by atoms with Crippen LogP contribution in [0.3, 0.4) is 0 Å². The fourth-order valence-corrected chi connectivity index (χ4v) is 7.10. The lowest BCUT2D eigenvalue weighted by Gasteiger charge is -2.49. The van der Waals surface area contributed by atoms with Gasteiger partial charge in [-0.25, -0.2) is 14.5 Å². The molecule has 2 aromatic rings. The number of halogens is 1. The summed E-state index contributed by atoms with van der Waals surface area (Å²) in [6.45, 7) is 0.173. The summed E-state index contributed by atoms with van der Waals surface area (Å²) in [5.41, 5.74) is 6.27. The van der Waals surface area contributed by atoms with Crippen molar-refractivity contribution in [1.29, 1.82) is 0 Å². The predicted molar refractivity (Wildman–Crippen MR) is 150 cm³/mol. The summed E-state index contributed by atoms with van der Waals surface area (Å²) in [6, 6.07) is -0.945. The van der Waals surface area contributed by atoms with Gasteiger partial charge in [0.1, 0.15) is 35.5 Å². The number of tetrazole rings is 1. The largest absolute Gasteiger partial charge is 0.477 e. The van der Waals surface area contributed by atoms with Crippen LogP contribution in [-0.4, -0.2) is 99.2 Å². The number of fused-ring (bicyclic) bond motifs is 1. The quantitative estimate of drug-likeness (QED) is 0.106. The number of nitrogens with two attached hydrogens (primary N) is 1. The van der Waals surface area contributed by atoms with Crippen molar-refractivity contribution in [2.45, 2.75) is 29.2 Å². The van der Waals surface area contributed by atoms with Crippen molar-refractivity contribution in [2.24, 2.45) is 5.16 Å². The van der Waals surface area contributed by atoms with Gasteiger partial charge < -0.3 is 21.0 Å². The van der Waals surface area contributed by atoms with E-state index in [2.05, 4.69) is 36.9 Å². The molecule has 0 saturated carbocycles. The zero-order valence-corrected chi connectivity index (χ0v) is 23.8. The molecule has 2 fully saturated rings. The van der Waals surface area contributed by atoms with Crippen molar-refractivity contribution in [2.75, 3.05) is 28.7 Å². The number of thioether (sulfide) groups is 3. The molecule has 0 aromatic carbocycles. The van der Waals surface area contributed by atoms with Crippen LogP contribution in [0.2, 0.25) is 0 Å². The molecule has 1 unspecified atom stereocenters. The number of anilines is 1. The monoisotopic (exact) mass is 629 g/mol. The van der Waals surface area contributed by atoms with Crippen LogP contribution in [0.25, 0.3) is 0 Å². The van der Waals surface area contributed by atoms with E-state index in [1.54, 1.807) is 17.1 Å². The molecule has 2 aromatic heterocycles. The standard InChI is InChI=1S/C20H19N9O5S4.ClH/c1-2-3-28-20(24-26-27-28)38-5-9-4-36-17-13(16(31)29(17)14(9)18(32)33)23-15(30)12(11-8-37-19(21)22-11)25-34-10-6-35-7-10;/h1,8,10,13,17H,3-7H2,(H2,21,22)(H,23,30)(H,32,33);1H/t13?,17-;/m1./s1. The van der Waals surface area contributed by atoms with Gasteiger partial charge in [-0.15, -0.1) is 47.0 Å². The number of rotatable bonds is 10. The number of hydrogen-bond acceptors (Lipinski definition) is 14. The van der Waals surface area contributed by atoms with E-state index < -0.39 is 29.2 Å². The molecule has 3 aliphatic heterocycles. The first-order valence-corrected chi connectivity index (χ1v) is 15.0. The summed E-state index contributed by atoms with van der Waals surface area (Å²) >= 11 is 5.41. The summed E-state index contributed by atoms with van der Waals surface area (Å²) in [7, 11) is 0. The van der Waals surface area contributed by atoms with Crippen LogP contribution >= 0.6 is 59.0 Å². The van der Waals surface area contributed by atoms with Gasteiger partial charge in [0, 0.05) is 28.4 Å². The Kier molecular flexibility index (Phi) is 9.27. The second-order valence-corrected chi connectivity index (χ2v) is 12.0. The Hall–Kier alpha value is -2.98. The number of β-lactam (4-membered cyclic amide) rings is 1. The number of carboxylic acids is 1. The average molecular weight is 630 g/mol. The predicted octanol–water partition coefficient (Wildman–Crippen LogP) is 0.134. The molecule has 2 amide bonds.